The summed E-state index contributed by atoms with van der Waals surface area (Å²) >= 11 is 0. The molecular formula is C7H14. The minimum absolute atomic E-state index is 0.211. The van der Waals surface area contributed by atoms with Crippen molar-refractivity contribution in [1.82, 2.24) is 0 Å². The number of hydrogen-bond acceptors (Lipinski definition) is 0. The van der Waals surface area contributed by atoms with E-state index in [9.17, 15) is 0 Å². The molecule has 0 aromatic rings. The standard InChI is InChI=1S/C7H14/c1-7(2)5-3-4-6-7/h3-6H2,1-2H3/i5D. The van der Waals surface area contributed by atoms with Gasteiger partial charge in [0.25, 0.3) is 0 Å². The average molecular weight is 99.2 g/mol. The Kier molecular flexibility index (Phi) is 0.844. The molecule has 0 N–H and O–H groups in total. The molecule has 1 fully saturated rings. The molecule has 1 saturated carbocycles. The van der Waals surface area contributed by atoms with Gasteiger partial charge in [0, 0.05) is 1.37 Å². The molecule has 0 aromatic carbocycles. The first kappa shape index (κ1) is 3.94. The number of rotatable bonds is 0. The molecule has 1 aliphatic rings. The van der Waals surface area contributed by atoms with Crippen molar-refractivity contribution in [3.8, 4) is 0 Å². The van der Waals surface area contributed by atoms with Gasteiger partial charge in [-0.1, -0.05) is 26.7 Å². The van der Waals surface area contributed by atoms with Crippen LogP contribution in [-0.4, -0.2) is 0 Å². The highest BCUT2D eigenvalue weighted by Gasteiger charge is 2.21. The van der Waals surface area contributed by atoms with E-state index < -0.39 is 0 Å². The predicted octanol–water partition coefficient (Wildman–Crippen LogP) is 2.59. The summed E-state index contributed by atoms with van der Waals surface area (Å²) in [7, 11) is 0. The summed E-state index contributed by atoms with van der Waals surface area (Å²) in [6.45, 7) is 4.38. The smallest absolute Gasteiger partial charge is 0.0272 e. The highest BCUT2D eigenvalue weighted by Crippen LogP contribution is 2.36. The van der Waals surface area contributed by atoms with Crippen LogP contribution in [0.5, 0.6) is 0 Å². The summed E-state index contributed by atoms with van der Waals surface area (Å²) in [5.74, 6) is 0. The van der Waals surface area contributed by atoms with Crippen LogP contribution in [0.4, 0.5) is 0 Å². The molecule has 7 heavy (non-hydrogen) atoms. The summed E-state index contributed by atoms with van der Waals surface area (Å²) < 4.78 is 7.53. The third kappa shape index (κ3) is 1.19. The Hall–Kier alpha value is 0. The Bertz CT molecular complexity index is 86.4. The van der Waals surface area contributed by atoms with Crippen LogP contribution in [0.1, 0.15) is 40.9 Å². The maximum absolute atomic E-state index is 7.53. The maximum Gasteiger partial charge on any atom is 0.0272 e. The largest absolute Gasteiger partial charge is 0.0599 e. The quantitative estimate of drug-likeness (QED) is 0.438. The molecule has 0 spiro atoms. The second kappa shape index (κ2) is 1.50. The Morgan fingerprint density at radius 2 is 2.14 bits per heavy atom. The second-order valence-corrected chi connectivity index (χ2v) is 3.08. The van der Waals surface area contributed by atoms with Gasteiger partial charge in [-0.05, 0) is 18.2 Å². The molecule has 0 amide bonds. The van der Waals surface area contributed by atoms with Crippen LogP contribution in [0.3, 0.4) is 0 Å². The lowest BCUT2D eigenvalue weighted by atomic mass is 9.92. The van der Waals surface area contributed by atoms with E-state index >= 15 is 0 Å². The first-order valence-electron chi connectivity index (χ1n) is 3.63. The maximum atomic E-state index is 7.53. The van der Waals surface area contributed by atoms with Crippen molar-refractivity contribution in [2.75, 3.05) is 0 Å². The molecular weight excluding hydrogens is 84.1 g/mol. The molecule has 42 valence electrons. The van der Waals surface area contributed by atoms with E-state index in [-0.39, 0.29) is 6.40 Å². The fourth-order valence-electron chi connectivity index (χ4n) is 1.15. The molecule has 1 atom stereocenters. The zero-order chi connectivity index (χ0) is 6.20. The van der Waals surface area contributed by atoms with Gasteiger partial charge in [-0.2, -0.15) is 0 Å². The van der Waals surface area contributed by atoms with Crippen LogP contribution in [-0.2, 0) is 0 Å². The molecule has 0 aliphatic heterocycles. The summed E-state index contributed by atoms with van der Waals surface area (Å²) in [6, 6.07) is 0. The molecule has 0 heterocycles. The molecule has 1 rings (SSSR count). The molecule has 1 unspecified atom stereocenters. The lowest BCUT2D eigenvalue weighted by Crippen LogP contribution is -2.01. The van der Waals surface area contributed by atoms with Crippen LogP contribution in [0, 0.1) is 5.41 Å². The molecule has 0 saturated heterocycles. The first-order valence-corrected chi connectivity index (χ1v) is 3.05. The van der Waals surface area contributed by atoms with E-state index in [1.165, 1.54) is 12.8 Å². The summed E-state index contributed by atoms with van der Waals surface area (Å²) in [5.41, 5.74) is 0.319. The minimum Gasteiger partial charge on any atom is -0.0599 e. The van der Waals surface area contributed by atoms with Gasteiger partial charge in [-0.25, -0.2) is 0 Å². The van der Waals surface area contributed by atoms with E-state index in [1.54, 1.807) is 0 Å². The Morgan fingerprint density at radius 1 is 1.43 bits per heavy atom. The topological polar surface area (TPSA) is 0 Å². The zero-order valence-corrected chi connectivity index (χ0v) is 5.20. The van der Waals surface area contributed by atoms with Crippen molar-refractivity contribution >= 4 is 0 Å². The third-order valence-electron chi connectivity index (χ3n) is 1.72. The van der Waals surface area contributed by atoms with Gasteiger partial charge in [0.05, 0.1) is 0 Å². The van der Waals surface area contributed by atoms with Crippen molar-refractivity contribution in [2.24, 2.45) is 5.41 Å². The zero-order valence-electron chi connectivity index (χ0n) is 6.20. The van der Waals surface area contributed by atoms with Gasteiger partial charge in [0.1, 0.15) is 0 Å². The van der Waals surface area contributed by atoms with Gasteiger partial charge in [-0.15, -0.1) is 0 Å². The van der Waals surface area contributed by atoms with Gasteiger partial charge in [0.2, 0.25) is 0 Å². The molecule has 0 heteroatoms. The predicted molar refractivity (Wildman–Crippen MR) is 32.2 cm³/mol. The van der Waals surface area contributed by atoms with Gasteiger partial charge < -0.3 is 0 Å². The average Bonchev–Trinajstić information content (AvgIpc) is 1.86. The summed E-state index contributed by atoms with van der Waals surface area (Å²) in [6.07, 6.45) is 3.84. The van der Waals surface area contributed by atoms with Crippen LogP contribution < -0.4 is 0 Å². The fraction of sp³-hybridized carbons (Fsp3) is 1.00. The van der Waals surface area contributed by atoms with E-state index in [4.69, 9.17) is 1.37 Å². The molecule has 0 aromatic heterocycles. The van der Waals surface area contributed by atoms with Crippen LogP contribution >= 0.6 is 0 Å². The van der Waals surface area contributed by atoms with Crippen LogP contribution in [0.2, 0.25) is 0 Å². The SMILES string of the molecule is [2H]C1CCCC1(C)C. The third-order valence-corrected chi connectivity index (χ3v) is 1.72. The molecule has 0 radical (unpaired) electrons. The lowest BCUT2D eigenvalue weighted by Gasteiger charge is -2.13. The summed E-state index contributed by atoms with van der Waals surface area (Å²) in [4.78, 5) is 0. The fourth-order valence-corrected chi connectivity index (χ4v) is 1.15. The normalized spacial score (nSPS) is 40.9. The monoisotopic (exact) mass is 99.1 g/mol. The van der Waals surface area contributed by atoms with E-state index in [2.05, 4.69) is 13.8 Å². The lowest BCUT2D eigenvalue weighted by molar-refractivity contribution is 0.382. The Balaban J connectivity index is 2.54. The van der Waals surface area contributed by atoms with E-state index in [1.807, 2.05) is 0 Å². The molecule has 0 nitrogen and oxygen atoms in total. The van der Waals surface area contributed by atoms with E-state index in [0.717, 1.165) is 6.42 Å². The number of hydrogen-bond donors (Lipinski definition) is 0. The minimum atomic E-state index is 0.211. The second-order valence-electron chi connectivity index (χ2n) is 3.08. The van der Waals surface area contributed by atoms with Crippen molar-refractivity contribution in [3.05, 3.63) is 0 Å². The van der Waals surface area contributed by atoms with Crippen molar-refractivity contribution in [2.45, 2.75) is 39.5 Å². The van der Waals surface area contributed by atoms with Crippen LogP contribution in [0.15, 0.2) is 0 Å². The highest BCUT2D eigenvalue weighted by atomic mass is 14.3. The van der Waals surface area contributed by atoms with Crippen molar-refractivity contribution in [3.63, 3.8) is 0 Å². The summed E-state index contributed by atoms with van der Waals surface area (Å²) in [5, 5.41) is 0. The molecule has 1 aliphatic carbocycles. The van der Waals surface area contributed by atoms with Crippen molar-refractivity contribution in [1.29, 1.82) is 0 Å². The van der Waals surface area contributed by atoms with Crippen LogP contribution in [0.25, 0.3) is 0 Å². The van der Waals surface area contributed by atoms with Gasteiger partial charge >= 0.3 is 0 Å². The van der Waals surface area contributed by atoms with Gasteiger partial charge in [-0.3, -0.25) is 0 Å². The van der Waals surface area contributed by atoms with E-state index in [0.29, 0.717) is 5.41 Å². The molecule has 0 bridgehead atoms. The van der Waals surface area contributed by atoms with Gasteiger partial charge in [0.15, 0.2) is 0 Å². The first-order chi connectivity index (χ1) is 3.63. The highest BCUT2D eigenvalue weighted by molar-refractivity contribution is 4.74. The Labute approximate surface area is 47.3 Å². The Morgan fingerprint density at radius 3 is 2.29 bits per heavy atom. The van der Waals surface area contributed by atoms with Crippen molar-refractivity contribution < 1.29 is 1.37 Å².